The molecule has 0 atom stereocenters. The van der Waals surface area contributed by atoms with Gasteiger partial charge in [-0.05, 0) is 11.6 Å². The average Bonchev–Trinajstić information content (AvgIpc) is 1.91. The van der Waals surface area contributed by atoms with Crippen molar-refractivity contribution in [3.8, 4) is 0 Å². The summed E-state index contributed by atoms with van der Waals surface area (Å²) in [7, 11) is 0. The number of aliphatic hydroxyl groups is 1. The number of hydrogen-bond donors (Lipinski definition) is 1. The van der Waals surface area contributed by atoms with E-state index in [0.29, 0.717) is 0 Å². The minimum atomic E-state index is 0. The molecule has 1 aromatic rings. The van der Waals surface area contributed by atoms with Crippen LogP contribution in [-0.2, 0) is 0 Å². The molecule has 0 saturated carbocycles. The molecule has 0 fully saturated rings. The predicted molar refractivity (Wildman–Crippen MR) is 45.3 cm³/mol. The molecule has 1 rings (SSSR count). The van der Waals surface area contributed by atoms with E-state index in [0.717, 1.165) is 11.8 Å². The van der Waals surface area contributed by atoms with Gasteiger partial charge in [0.15, 0.2) is 0 Å². The Bertz CT molecular complexity index is 194. The van der Waals surface area contributed by atoms with Gasteiger partial charge in [0.25, 0.3) is 0 Å². The van der Waals surface area contributed by atoms with E-state index in [-0.39, 0.29) is 51.4 Å². The van der Waals surface area contributed by atoms with Gasteiger partial charge >= 0.3 is 51.4 Å². The van der Waals surface area contributed by atoms with Crippen LogP contribution in [0.15, 0.2) is 36.6 Å². The molecule has 0 bridgehead atoms. The summed E-state index contributed by atoms with van der Waals surface area (Å²) < 4.78 is 0. The third-order valence-electron chi connectivity index (χ3n) is 1.07. The third kappa shape index (κ3) is 3.54. The van der Waals surface area contributed by atoms with Crippen LogP contribution in [0.1, 0.15) is 5.56 Å². The van der Waals surface area contributed by atoms with Crippen LogP contribution in [0.3, 0.4) is 0 Å². The van der Waals surface area contributed by atoms with E-state index < -0.39 is 0 Å². The van der Waals surface area contributed by atoms with Crippen molar-refractivity contribution in [1.82, 2.24) is 0 Å². The Morgan fingerprint density at radius 3 is 2.20 bits per heavy atom. The van der Waals surface area contributed by atoms with E-state index in [4.69, 9.17) is 5.11 Å². The van der Waals surface area contributed by atoms with Gasteiger partial charge in [-0.1, -0.05) is 30.3 Å². The van der Waals surface area contributed by atoms with Crippen LogP contribution in [0, 0.1) is 0 Å². The van der Waals surface area contributed by atoms with E-state index in [1.54, 1.807) is 6.08 Å². The van der Waals surface area contributed by atoms with E-state index in [9.17, 15) is 0 Å². The maximum absolute atomic E-state index is 8.34. The molecular formula is C8H9KO. The van der Waals surface area contributed by atoms with E-state index in [1.807, 2.05) is 30.3 Å². The van der Waals surface area contributed by atoms with Crippen LogP contribution >= 0.6 is 0 Å². The summed E-state index contributed by atoms with van der Waals surface area (Å²) in [5.74, 6) is 0. The maximum atomic E-state index is 8.34. The second kappa shape index (κ2) is 6.13. The molecule has 10 heavy (non-hydrogen) atoms. The Hall–Kier alpha value is 0.396. The van der Waals surface area contributed by atoms with Crippen molar-refractivity contribution < 1.29 is 5.11 Å². The van der Waals surface area contributed by atoms with Gasteiger partial charge in [0, 0.05) is 0 Å². The first-order valence-corrected chi connectivity index (χ1v) is 2.79. The van der Waals surface area contributed by atoms with Gasteiger partial charge in [0.1, 0.15) is 0 Å². The number of hydrogen-bond acceptors (Lipinski definition) is 1. The molecule has 2 heteroatoms. The van der Waals surface area contributed by atoms with E-state index >= 15 is 0 Å². The quantitative estimate of drug-likeness (QED) is 0.488. The van der Waals surface area contributed by atoms with Crippen LogP contribution in [-0.4, -0.2) is 56.5 Å². The molecule has 0 saturated heterocycles. The van der Waals surface area contributed by atoms with Crippen LogP contribution in [0.2, 0.25) is 0 Å². The fourth-order valence-electron chi connectivity index (χ4n) is 0.650. The molecule has 1 nitrogen and oxygen atoms in total. The molecule has 48 valence electrons. The molecule has 0 aliphatic carbocycles. The number of benzene rings is 1. The molecule has 1 aromatic carbocycles. The van der Waals surface area contributed by atoms with Gasteiger partial charge < -0.3 is 5.11 Å². The summed E-state index contributed by atoms with van der Waals surface area (Å²) in [6.45, 7) is 0. The molecular weight excluding hydrogens is 151 g/mol. The van der Waals surface area contributed by atoms with Gasteiger partial charge in [0.2, 0.25) is 0 Å². The van der Waals surface area contributed by atoms with Crippen molar-refractivity contribution in [2.45, 2.75) is 0 Å². The van der Waals surface area contributed by atoms with Gasteiger partial charge in [-0.2, -0.15) is 0 Å². The van der Waals surface area contributed by atoms with Crippen LogP contribution in [0.4, 0.5) is 0 Å². The Labute approximate surface area is 103 Å². The van der Waals surface area contributed by atoms with Crippen LogP contribution in [0.25, 0.3) is 6.08 Å². The Kier molecular flexibility index (Phi) is 6.37. The van der Waals surface area contributed by atoms with Crippen LogP contribution in [0.5, 0.6) is 0 Å². The summed E-state index contributed by atoms with van der Waals surface area (Å²) in [4.78, 5) is 0. The summed E-state index contributed by atoms with van der Waals surface area (Å²) in [6, 6.07) is 9.64. The predicted octanol–water partition coefficient (Wildman–Crippen LogP) is 1.57. The topological polar surface area (TPSA) is 20.2 Å². The molecule has 1 N–H and O–H groups in total. The Balaban J connectivity index is 0.000000810. The molecule has 0 unspecified atom stereocenters. The molecule has 0 aliphatic rings. The zero-order valence-corrected chi connectivity index (χ0v) is 4.99. The fourth-order valence-corrected chi connectivity index (χ4v) is 0.650. The molecule has 0 aromatic heterocycles. The first-order valence-electron chi connectivity index (χ1n) is 2.79. The Morgan fingerprint density at radius 2 is 1.70 bits per heavy atom. The number of rotatable bonds is 1. The molecule has 0 spiro atoms. The second-order valence-electron chi connectivity index (χ2n) is 1.73. The Morgan fingerprint density at radius 1 is 1.10 bits per heavy atom. The van der Waals surface area contributed by atoms with Crippen molar-refractivity contribution >= 4 is 57.5 Å². The second-order valence-corrected chi connectivity index (χ2v) is 1.73. The van der Waals surface area contributed by atoms with Crippen LogP contribution < -0.4 is 0 Å². The molecule has 0 heterocycles. The summed E-state index contributed by atoms with van der Waals surface area (Å²) in [5, 5.41) is 8.34. The minimum absolute atomic E-state index is 0. The third-order valence-corrected chi connectivity index (χ3v) is 1.07. The van der Waals surface area contributed by atoms with Gasteiger partial charge in [-0.3, -0.25) is 0 Å². The van der Waals surface area contributed by atoms with Crippen molar-refractivity contribution in [1.29, 1.82) is 0 Å². The normalized spacial score (nSPS) is 9.20. The first kappa shape index (κ1) is 10.4. The zero-order chi connectivity index (χ0) is 6.53. The van der Waals surface area contributed by atoms with Crippen molar-refractivity contribution in [2.24, 2.45) is 0 Å². The van der Waals surface area contributed by atoms with Gasteiger partial charge in [-0.15, -0.1) is 0 Å². The summed E-state index contributed by atoms with van der Waals surface area (Å²) in [5.41, 5.74) is 1.01. The average molecular weight is 160 g/mol. The van der Waals surface area contributed by atoms with Gasteiger partial charge in [0.05, 0.1) is 6.26 Å². The van der Waals surface area contributed by atoms with E-state index in [1.165, 1.54) is 0 Å². The van der Waals surface area contributed by atoms with Crippen molar-refractivity contribution in [2.75, 3.05) is 0 Å². The number of aliphatic hydroxyl groups excluding tert-OH is 1. The SMILES string of the molecule is OC=Cc1ccccc1.[KH]. The van der Waals surface area contributed by atoms with Crippen molar-refractivity contribution in [3.63, 3.8) is 0 Å². The summed E-state index contributed by atoms with van der Waals surface area (Å²) >= 11 is 0. The van der Waals surface area contributed by atoms with E-state index in [2.05, 4.69) is 0 Å². The standard InChI is InChI=1S/C8H8O.K.H/c9-7-6-8-4-2-1-3-5-8;;/h1-7,9H;;. The molecule has 0 amide bonds. The van der Waals surface area contributed by atoms with Gasteiger partial charge in [-0.25, -0.2) is 0 Å². The monoisotopic (exact) mass is 160 g/mol. The summed E-state index contributed by atoms with van der Waals surface area (Å²) in [6.07, 6.45) is 2.68. The molecule has 0 radical (unpaired) electrons. The zero-order valence-electron chi connectivity index (χ0n) is 4.99. The first-order chi connectivity index (χ1) is 4.43. The molecule has 0 aliphatic heterocycles. The fraction of sp³-hybridized carbons (Fsp3) is 0. The van der Waals surface area contributed by atoms with Crippen molar-refractivity contribution in [3.05, 3.63) is 42.2 Å².